The van der Waals surface area contributed by atoms with E-state index in [0.29, 0.717) is 18.7 Å². The molecule has 0 heterocycles. The first-order valence-electron chi connectivity index (χ1n) is 6.80. The van der Waals surface area contributed by atoms with Crippen LogP contribution in [0.1, 0.15) is 43.0 Å². The molecule has 1 amide bonds. The molecule has 21 heavy (non-hydrogen) atoms. The highest BCUT2D eigenvalue weighted by Crippen LogP contribution is 2.43. The van der Waals surface area contributed by atoms with E-state index in [2.05, 4.69) is 5.32 Å². The number of rotatable bonds is 5. The normalized spacial score (nSPS) is 16.1. The lowest BCUT2D eigenvalue weighted by atomic mass is 9.67. The molecule has 0 saturated heterocycles. The second-order valence-corrected chi connectivity index (χ2v) is 5.43. The van der Waals surface area contributed by atoms with Gasteiger partial charge in [-0.1, -0.05) is 13.3 Å². The van der Waals surface area contributed by atoms with Crippen LogP contribution in [0.25, 0.3) is 0 Å². The topological polar surface area (TPSA) is 72.2 Å². The molecule has 0 radical (unpaired) electrons. The number of carbonyl (C=O) groups excluding carboxylic acids is 1. The van der Waals surface area contributed by atoms with Crippen LogP contribution in [0.2, 0.25) is 0 Å². The summed E-state index contributed by atoms with van der Waals surface area (Å²) >= 11 is 0. The Morgan fingerprint density at radius 2 is 2.10 bits per heavy atom. The summed E-state index contributed by atoms with van der Waals surface area (Å²) in [6, 6.07) is 1.14. The van der Waals surface area contributed by atoms with E-state index in [0.717, 1.165) is 25.7 Å². The average molecular weight is 298 g/mol. The van der Waals surface area contributed by atoms with Gasteiger partial charge in [0.2, 0.25) is 5.82 Å². The molecule has 7 heteroatoms. The molecular formula is C14H16F2N2O3. The summed E-state index contributed by atoms with van der Waals surface area (Å²) in [6.45, 7) is 2.38. The van der Waals surface area contributed by atoms with E-state index in [4.69, 9.17) is 0 Å². The molecule has 0 bridgehead atoms. The zero-order valence-electron chi connectivity index (χ0n) is 11.6. The Balaban J connectivity index is 2.17. The fourth-order valence-corrected chi connectivity index (χ4v) is 2.57. The molecule has 1 fully saturated rings. The second kappa shape index (κ2) is 5.75. The Morgan fingerprint density at radius 1 is 1.43 bits per heavy atom. The molecule has 5 nitrogen and oxygen atoms in total. The van der Waals surface area contributed by atoms with Crippen LogP contribution in [-0.4, -0.2) is 17.4 Å². The zero-order valence-corrected chi connectivity index (χ0v) is 11.6. The van der Waals surface area contributed by atoms with E-state index in [1.807, 2.05) is 6.92 Å². The number of halogens is 2. The molecule has 0 aromatic heterocycles. The Hall–Kier alpha value is -2.05. The summed E-state index contributed by atoms with van der Waals surface area (Å²) in [5.41, 5.74) is -1.65. The van der Waals surface area contributed by atoms with Gasteiger partial charge in [-0.15, -0.1) is 0 Å². The minimum Gasteiger partial charge on any atom is -0.351 e. The number of benzene rings is 1. The number of nitro benzene ring substituents is 1. The SMILES string of the molecule is CCC1(CNC(=O)c2cc(F)cc([N+](=O)[O-])c2F)CCC1. The molecule has 0 atom stereocenters. The molecule has 0 spiro atoms. The lowest BCUT2D eigenvalue weighted by Gasteiger charge is -2.41. The van der Waals surface area contributed by atoms with Gasteiger partial charge in [-0.05, 0) is 30.7 Å². The molecule has 1 saturated carbocycles. The first-order chi connectivity index (χ1) is 9.88. The van der Waals surface area contributed by atoms with Crippen molar-refractivity contribution in [1.82, 2.24) is 5.32 Å². The van der Waals surface area contributed by atoms with E-state index in [1.54, 1.807) is 0 Å². The van der Waals surface area contributed by atoms with Crippen LogP contribution >= 0.6 is 0 Å². The van der Waals surface area contributed by atoms with Crippen molar-refractivity contribution in [2.75, 3.05) is 6.54 Å². The maximum atomic E-state index is 13.9. The van der Waals surface area contributed by atoms with Crippen LogP contribution < -0.4 is 5.32 Å². The highest BCUT2D eigenvalue weighted by Gasteiger charge is 2.35. The van der Waals surface area contributed by atoms with Crippen molar-refractivity contribution in [3.05, 3.63) is 39.4 Å². The first kappa shape index (κ1) is 15.3. The molecule has 1 aliphatic carbocycles. The summed E-state index contributed by atoms with van der Waals surface area (Å²) < 4.78 is 27.2. The summed E-state index contributed by atoms with van der Waals surface area (Å²) in [5.74, 6) is -3.14. The summed E-state index contributed by atoms with van der Waals surface area (Å²) in [5, 5.41) is 13.2. The third-order valence-electron chi connectivity index (χ3n) is 4.25. The number of nitrogens with one attached hydrogen (secondary N) is 1. The van der Waals surface area contributed by atoms with Crippen LogP contribution in [-0.2, 0) is 0 Å². The van der Waals surface area contributed by atoms with Gasteiger partial charge >= 0.3 is 5.69 Å². The third kappa shape index (κ3) is 3.01. The molecule has 1 aromatic rings. The summed E-state index contributed by atoms with van der Waals surface area (Å²) in [4.78, 5) is 21.5. The van der Waals surface area contributed by atoms with Crippen molar-refractivity contribution in [3.63, 3.8) is 0 Å². The maximum absolute atomic E-state index is 13.9. The van der Waals surface area contributed by atoms with E-state index in [-0.39, 0.29) is 5.41 Å². The monoisotopic (exact) mass is 298 g/mol. The van der Waals surface area contributed by atoms with E-state index in [9.17, 15) is 23.7 Å². The standard InChI is InChI=1S/C14H16F2N2O3/c1-2-14(4-3-5-14)8-17-13(19)10-6-9(15)7-11(12(10)16)18(20)21/h6-7H,2-5,8H2,1H3,(H,17,19). The Kier molecular flexibility index (Phi) is 4.20. The van der Waals surface area contributed by atoms with Crippen LogP contribution in [0.4, 0.5) is 14.5 Å². The van der Waals surface area contributed by atoms with Gasteiger partial charge in [0, 0.05) is 6.54 Å². The number of nitro groups is 1. The lowest BCUT2D eigenvalue weighted by Crippen LogP contribution is -2.41. The summed E-state index contributed by atoms with van der Waals surface area (Å²) in [7, 11) is 0. The average Bonchev–Trinajstić information content (AvgIpc) is 2.39. The van der Waals surface area contributed by atoms with Gasteiger partial charge in [-0.2, -0.15) is 4.39 Å². The third-order valence-corrected chi connectivity index (χ3v) is 4.25. The van der Waals surface area contributed by atoms with E-state index in [1.165, 1.54) is 0 Å². The number of carbonyl (C=O) groups is 1. The molecule has 1 aliphatic rings. The maximum Gasteiger partial charge on any atom is 0.308 e. The van der Waals surface area contributed by atoms with Crippen molar-refractivity contribution in [3.8, 4) is 0 Å². The second-order valence-electron chi connectivity index (χ2n) is 5.43. The van der Waals surface area contributed by atoms with Crippen LogP contribution in [0.5, 0.6) is 0 Å². The van der Waals surface area contributed by atoms with E-state index < -0.39 is 33.7 Å². The van der Waals surface area contributed by atoms with Crippen LogP contribution in [0.3, 0.4) is 0 Å². The Morgan fingerprint density at radius 3 is 2.57 bits per heavy atom. The van der Waals surface area contributed by atoms with Gasteiger partial charge in [0.1, 0.15) is 5.82 Å². The summed E-state index contributed by atoms with van der Waals surface area (Å²) in [6.07, 6.45) is 3.94. The van der Waals surface area contributed by atoms with Crippen molar-refractivity contribution in [2.24, 2.45) is 5.41 Å². The fourth-order valence-electron chi connectivity index (χ4n) is 2.57. The van der Waals surface area contributed by atoms with Crippen molar-refractivity contribution < 1.29 is 18.5 Å². The van der Waals surface area contributed by atoms with Crippen LogP contribution in [0, 0.1) is 27.2 Å². The number of nitrogens with zero attached hydrogens (tertiary/aromatic N) is 1. The lowest BCUT2D eigenvalue weighted by molar-refractivity contribution is -0.387. The number of hydrogen-bond donors (Lipinski definition) is 1. The molecular weight excluding hydrogens is 282 g/mol. The molecule has 0 unspecified atom stereocenters. The minimum absolute atomic E-state index is 0.0192. The minimum atomic E-state index is -1.31. The zero-order chi connectivity index (χ0) is 15.6. The van der Waals surface area contributed by atoms with Gasteiger partial charge in [-0.25, -0.2) is 4.39 Å². The van der Waals surface area contributed by atoms with Gasteiger partial charge in [-0.3, -0.25) is 14.9 Å². The van der Waals surface area contributed by atoms with E-state index >= 15 is 0 Å². The highest BCUT2D eigenvalue weighted by molar-refractivity contribution is 5.95. The van der Waals surface area contributed by atoms with Crippen molar-refractivity contribution >= 4 is 11.6 Å². The quantitative estimate of drug-likeness (QED) is 0.670. The van der Waals surface area contributed by atoms with Gasteiger partial charge < -0.3 is 5.32 Å². The molecule has 0 aliphatic heterocycles. The molecule has 114 valence electrons. The smallest absolute Gasteiger partial charge is 0.308 e. The highest BCUT2D eigenvalue weighted by atomic mass is 19.1. The predicted molar refractivity (Wildman–Crippen MR) is 71.9 cm³/mol. The van der Waals surface area contributed by atoms with Crippen molar-refractivity contribution in [1.29, 1.82) is 0 Å². The molecule has 1 aromatic carbocycles. The largest absolute Gasteiger partial charge is 0.351 e. The van der Waals surface area contributed by atoms with Gasteiger partial charge in [0.15, 0.2) is 0 Å². The van der Waals surface area contributed by atoms with Crippen molar-refractivity contribution in [2.45, 2.75) is 32.6 Å². The Labute approximate surface area is 120 Å². The molecule has 2 rings (SSSR count). The Bertz CT molecular complexity index is 580. The fraction of sp³-hybridized carbons (Fsp3) is 0.500. The van der Waals surface area contributed by atoms with Gasteiger partial charge in [0.25, 0.3) is 5.91 Å². The van der Waals surface area contributed by atoms with Crippen LogP contribution in [0.15, 0.2) is 12.1 Å². The number of hydrogen-bond acceptors (Lipinski definition) is 3. The molecule has 1 N–H and O–H groups in total. The predicted octanol–water partition coefficient (Wildman–Crippen LogP) is 3.18. The first-order valence-corrected chi connectivity index (χ1v) is 6.80. The van der Waals surface area contributed by atoms with Gasteiger partial charge in [0.05, 0.1) is 16.6 Å². The number of amides is 1.